The second kappa shape index (κ2) is 7.83. The van der Waals surface area contributed by atoms with Gasteiger partial charge in [-0.15, -0.1) is 0 Å². The van der Waals surface area contributed by atoms with Crippen LogP contribution in [0.1, 0.15) is 59.5 Å². The van der Waals surface area contributed by atoms with Crippen LogP contribution in [0.5, 0.6) is 0 Å². The Labute approximate surface area is 178 Å². The van der Waals surface area contributed by atoms with Crippen LogP contribution >= 0.6 is 0 Å². The van der Waals surface area contributed by atoms with Crippen LogP contribution in [0.4, 0.5) is 26.3 Å². The van der Waals surface area contributed by atoms with E-state index in [4.69, 9.17) is 0 Å². The summed E-state index contributed by atoms with van der Waals surface area (Å²) in [6.45, 7) is 0. The first kappa shape index (κ1) is 22.2. The Balaban J connectivity index is 1.89. The lowest BCUT2D eigenvalue weighted by Gasteiger charge is -2.19. The first-order valence-electron chi connectivity index (χ1n) is 9.97. The summed E-state index contributed by atoms with van der Waals surface area (Å²) in [5.41, 5.74) is -3.42. The molecule has 0 radical (unpaired) electrons. The minimum absolute atomic E-state index is 0.0332. The maximum Gasteiger partial charge on any atom is 0.417 e. The molecule has 1 saturated carbocycles. The van der Waals surface area contributed by atoms with E-state index in [2.05, 4.69) is 10.3 Å². The van der Waals surface area contributed by atoms with E-state index in [9.17, 15) is 35.9 Å². The van der Waals surface area contributed by atoms with Gasteiger partial charge in [-0.25, -0.2) is 0 Å². The number of carbonyl (C=O) groups is 1. The van der Waals surface area contributed by atoms with Crippen LogP contribution in [0.15, 0.2) is 41.2 Å². The number of rotatable bonds is 4. The zero-order valence-electron chi connectivity index (χ0n) is 16.5. The van der Waals surface area contributed by atoms with Gasteiger partial charge in [0, 0.05) is 29.3 Å². The summed E-state index contributed by atoms with van der Waals surface area (Å²) in [6, 6.07) is 3.75. The highest BCUT2D eigenvalue weighted by Crippen LogP contribution is 2.41. The Morgan fingerprint density at radius 1 is 0.938 bits per heavy atom. The van der Waals surface area contributed by atoms with Gasteiger partial charge in [0.25, 0.3) is 5.56 Å². The summed E-state index contributed by atoms with van der Waals surface area (Å²) >= 11 is 0. The van der Waals surface area contributed by atoms with Gasteiger partial charge in [0.2, 0.25) is 5.91 Å². The first-order chi connectivity index (χ1) is 14.9. The molecule has 1 amide bonds. The molecule has 1 aliphatic carbocycles. The zero-order chi connectivity index (χ0) is 23.3. The van der Waals surface area contributed by atoms with E-state index in [1.807, 2.05) is 0 Å². The average Bonchev–Trinajstić information content (AvgIpc) is 3.45. The maximum absolute atomic E-state index is 13.8. The number of aromatic amines is 1. The van der Waals surface area contributed by atoms with Crippen molar-refractivity contribution in [3.63, 3.8) is 0 Å². The van der Waals surface area contributed by atoms with Gasteiger partial charge in [-0.1, -0.05) is 18.2 Å². The lowest BCUT2D eigenvalue weighted by atomic mass is 9.92. The number of pyridine rings is 1. The van der Waals surface area contributed by atoms with Crippen LogP contribution in [-0.2, 0) is 17.1 Å². The third-order valence-corrected chi connectivity index (χ3v) is 5.59. The monoisotopic (exact) mass is 456 g/mol. The van der Waals surface area contributed by atoms with E-state index in [0.717, 1.165) is 18.9 Å². The second-order valence-electron chi connectivity index (χ2n) is 7.98. The van der Waals surface area contributed by atoms with E-state index in [1.165, 1.54) is 18.2 Å². The fourth-order valence-corrected chi connectivity index (χ4v) is 3.84. The topological polar surface area (TPSA) is 62.0 Å². The first-order valence-corrected chi connectivity index (χ1v) is 9.97. The molecule has 1 atom stereocenters. The normalized spacial score (nSPS) is 19.9. The SMILES string of the molecule is O=C1CC[C@H](/C=C(/c2ccc(C3CC3)c(=O)[nH]2)c2ccc(C(F)(F)F)cc2C(F)(F)F)N1. The average molecular weight is 456 g/mol. The zero-order valence-corrected chi connectivity index (χ0v) is 16.5. The fourth-order valence-electron chi connectivity index (χ4n) is 3.84. The van der Waals surface area contributed by atoms with Gasteiger partial charge in [0.1, 0.15) is 0 Å². The largest absolute Gasteiger partial charge is 0.417 e. The highest BCUT2D eigenvalue weighted by atomic mass is 19.4. The Bertz CT molecular complexity index is 1140. The number of amides is 1. The molecule has 1 saturated heterocycles. The fraction of sp³-hybridized carbons (Fsp3) is 0.364. The van der Waals surface area contributed by atoms with Crippen LogP contribution in [-0.4, -0.2) is 16.9 Å². The molecule has 2 aliphatic rings. The summed E-state index contributed by atoms with van der Waals surface area (Å²) in [5, 5.41) is 2.60. The van der Waals surface area contributed by atoms with Crippen molar-refractivity contribution in [1.29, 1.82) is 0 Å². The van der Waals surface area contributed by atoms with E-state index >= 15 is 0 Å². The number of alkyl halides is 6. The number of hydrogen-bond acceptors (Lipinski definition) is 2. The molecule has 4 nitrogen and oxygen atoms in total. The van der Waals surface area contributed by atoms with Gasteiger partial charge in [-0.3, -0.25) is 9.59 Å². The molecule has 2 fully saturated rings. The third kappa shape index (κ3) is 4.58. The molecule has 2 heterocycles. The summed E-state index contributed by atoms with van der Waals surface area (Å²) in [4.78, 5) is 26.6. The molecular formula is C22H18F6N2O2. The lowest BCUT2D eigenvalue weighted by Crippen LogP contribution is -2.24. The molecule has 32 heavy (non-hydrogen) atoms. The van der Waals surface area contributed by atoms with Crippen molar-refractivity contribution >= 4 is 11.5 Å². The van der Waals surface area contributed by atoms with Gasteiger partial charge in [0.15, 0.2) is 0 Å². The molecule has 0 bridgehead atoms. The number of aromatic nitrogens is 1. The Morgan fingerprint density at radius 3 is 2.19 bits per heavy atom. The summed E-state index contributed by atoms with van der Waals surface area (Å²) in [7, 11) is 0. The molecule has 0 spiro atoms. The molecular weight excluding hydrogens is 438 g/mol. The van der Waals surface area contributed by atoms with Crippen molar-refractivity contribution in [3.8, 4) is 0 Å². The molecule has 2 N–H and O–H groups in total. The van der Waals surface area contributed by atoms with Crippen LogP contribution in [0.2, 0.25) is 0 Å². The van der Waals surface area contributed by atoms with Crippen molar-refractivity contribution in [1.82, 2.24) is 10.3 Å². The second-order valence-corrected chi connectivity index (χ2v) is 7.98. The quantitative estimate of drug-likeness (QED) is 0.637. The summed E-state index contributed by atoms with van der Waals surface area (Å²) in [5.74, 6) is -0.183. The standard InChI is InChI=1S/C22H18F6N2O2/c23-21(24,25)12-3-5-15(17(9-12)22(26,27)28)16(10-13-4-8-19(31)29-13)18-7-6-14(11-1-2-11)20(32)30-18/h3,5-7,9-11,13H,1-2,4,8H2,(H,29,31)(H,30,32)/b16-10+/t13-/m1/s1. The van der Waals surface area contributed by atoms with Gasteiger partial charge in [-0.05, 0) is 48.9 Å². The van der Waals surface area contributed by atoms with E-state index in [1.54, 1.807) is 0 Å². The smallest absolute Gasteiger partial charge is 0.350 e. The Morgan fingerprint density at radius 2 is 1.66 bits per heavy atom. The minimum atomic E-state index is -5.08. The van der Waals surface area contributed by atoms with E-state index < -0.39 is 40.6 Å². The Kier molecular flexibility index (Phi) is 5.42. The predicted octanol–water partition coefficient (Wildman–Crippen LogP) is 5.00. The van der Waals surface area contributed by atoms with Gasteiger partial charge in [-0.2, -0.15) is 26.3 Å². The number of nitrogens with one attached hydrogen (secondary N) is 2. The number of carbonyl (C=O) groups excluding carboxylic acids is 1. The van der Waals surface area contributed by atoms with Crippen molar-refractivity contribution in [2.24, 2.45) is 0 Å². The van der Waals surface area contributed by atoms with Crippen LogP contribution in [0, 0.1) is 0 Å². The van der Waals surface area contributed by atoms with Crippen LogP contribution in [0.3, 0.4) is 0 Å². The Hall–Kier alpha value is -3.04. The third-order valence-electron chi connectivity index (χ3n) is 5.59. The number of benzene rings is 1. The van der Waals surface area contributed by atoms with Crippen molar-refractivity contribution in [2.75, 3.05) is 0 Å². The van der Waals surface area contributed by atoms with Crippen molar-refractivity contribution < 1.29 is 31.1 Å². The predicted molar refractivity (Wildman–Crippen MR) is 104 cm³/mol. The minimum Gasteiger partial charge on any atom is -0.350 e. The molecule has 170 valence electrons. The molecule has 0 unspecified atom stereocenters. The molecule has 1 aromatic heterocycles. The van der Waals surface area contributed by atoms with Crippen LogP contribution < -0.4 is 10.9 Å². The molecule has 4 rings (SSSR count). The van der Waals surface area contributed by atoms with Gasteiger partial charge in [0.05, 0.1) is 11.1 Å². The van der Waals surface area contributed by atoms with Crippen molar-refractivity contribution in [2.45, 2.75) is 50.0 Å². The molecule has 1 aromatic carbocycles. The number of H-pyrrole nitrogens is 1. The highest BCUT2D eigenvalue weighted by molar-refractivity contribution is 5.83. The highest BCUT2D eigenvalue weighted by Gasteiger charge is 2.39. The van der Waals surface area contributed by atoms with Crippen LogP contribution in [0.25, 0.3) is 5.57 Å². The number of hydrogen-bond donors (Lipinski definition) is 2. The van der Waals surface area contributed by atoms with Gasteiger partial charge < -0.3 is 10.3 Å². The number of halogens is 6. The molecule has 10 heteroatoms. The summed E-state index contributed by atoms with van der Waals surface area (Å²) in [6.07, 6.45) is -6.51. The van der Waals surface area contributed by atoms with Gasteiger partial charge >= 0.3 is 12.4 Å². The van der Waals surface area contributed by atoms with Crippen molar-refractivity contribution in [3.05, 3.63) is 74.7 Å². The van der Waals surface area contributed by atoms with E-state index in [0.29, 0.717) is 18.1 Å². The maximum atomic E-state index is 13.8. The lowest BCUT2D eigenvalue weighted by molar-refractivity contribution is -0.143. The molecule has 1 aliphatic heterocycles. The van der Waals surface area contributed by atoms with E-state index in [-0.39, 0.29) is 35.6 Å². The summed E-state index contributed by atoms with van der Waals surface area (Å²) < 4.78 is 80.6. The molecule has 2 aromatic rings.